The molecule has 2 aromatic rings. The Morgan fingerprint density at radius 3 is 2.73 bits per heavy atom. The smallest absolute Gasteiger partial charge is 0.137 e. The largest absolute Gasteiger partial charge is 0.458 e. The van der Waals surface area contributed by atoms with Crippen LogP contribution in [0.4, 0.5) is 0 Å². The first-order valence-corrected chi connectivity index (χ1v) is 5.41. The van der Waals surface area contributed by atoms with Gasteiger partial charge in [-0.3, -0.25) is 0 Å². The Labute approximate surface area is 88.5 Å². The molecule has 1 N–H and O–H groups in total. The second-order valence-corrected chi connectivity index (χ2v) is 4.49. The van der Waals surface area contributed by atoms with Gasteiger partial charge in [-0.15, -0.1) is 0 Å². The first-order chi connectivity index (χ1) is 7.19. The highest BCUT2D eigenvalue weighted by atomic mass is 16.4. The maximum Gasteiger partial charge on any atom is 0.137 e. The third-order valence-corrected chi connectivity index (χ3v) is 3.38. The highest BCUT2D eigenvalue weighted by molar-refractivity contribution is 5.81. The molecule has 0 bridgehead atoms. The van der Waals surface area contributed by atoms with Crippen LogP contribution in [0.3, 0.4) is 0 Å². The summed E-state index contributed by atoms with van der Waals surface area (Å²) in [6.45, 7) is 2.03. The molecule has 1 saturated carbocycles. The van der Waals surface area contributed by atoms with Gasteiger partial charge in [0.1, 0.15) is 16.9 Å². The van der Waals surface area contributed by atoms with Gasteiger partial charge in [-0.05, 0) is 37.8 Å². The first-order valence-electron chi connectivity index (χ1n) is 5.41. The van der Waals surface area contributed by atoms with Crippen LogP contribution in [0, 0.1) is 6.92 Å². The molecule has 0 aliphatic heterocycles. The van der Waals surface area contributed by atoms with Crippen molar-refractivity contribution in [1.29, 1.82) is 0 Å². The molecule has 2 heteroatoms. The molecular weight excluding hydrogens is 188 g/mol. The summed E-state index contributed by atoms with van der Waals surface area (Å²) in [7, 11) is 0. The fourth-order valence-electron chi connectivity index (χ4n) is 2.20. The number of benzene rings is 1. The van der Waals surface area contributed by atoms with Gasteiger partial charge in [-0.25, -0.2) is 0 Å². The van der Waals surface area contributed by atoms with Crippen LogP contribution in [-0.2, 0) is 5.60 Å². The van der Waals surface area contributed by atoms with Crippen LogP contribution in [-0.4, -0.2) is 5.11 Å². The van der Waals surface area contributed by atoms with E-state index in [9.17, 15) is 5.11 Å². The van der Waals surface area contributed by atoms with E-state index in [0.717, 1.165) is 41.6 Å². The van der Waals surface area contributed by atoms with E-state index in [4.69, 9.17) is 4.42 Å². The molecule has 1 fully saturated rings. The molecular formula is C13H14O2. The highest BCUT2D eigenvalue weighted by Crippen LogP contribution is 2.43. The van der Waals surface area contributed by atoms with E-state index in [1.54, 1.807) is 0 Å². The quantitative estimate of drug-likeness (QED) is 0.770. The average molecular weight is 202 g/mol. The molecule has 0 amide bonds. The molecule has 2 nitrogen and oxygen atoms in total. The summed E-state index contributed by atoms with van der Waals surface area (Å²) in [5, 5.41) is 11.3. The van der Waals surface area contributed by atoms with Crippen LogP contribution in [0.2, 0.25) is 0 Å². The highest BCUT2D eigenvalue weighted by Gasteiger charge is 2.39. The summed E-state index contributed by atoms with van der Waals surface area (Å²) in [6, 6.07) is 8.04. The lowest BCUT2D eigenvalue weighted by atomic mass is 9.78. The lowest BCUT2D eigenvalue weighted by Gasteiger charge is -2.34. The molecule has 1 aromatic carbocycles. The van der Waals surface area contributed by atoms with Gasteiger partial charge in [0.15, 0.2) is 0 Å². The second-order valence-electron chi connectivity index (χ2n) is 4.49. The van der Waals surface area contributed by atoms with E-state index in [-0.39, 0.29) is 0 Å². The van der Waals surface area contributed by atoms with E-state index in [0.29, 0.717) is 0 Å². The minimum absolute atomic E-state index is 0.689. The second kappa shape index (κ2) is 2.86. The molecule has 0 spiro atoms. The van der Waals surface area contributed by atoms with Crippen molar-refractivity contribution in [3.63, 3.8) is 0 Å². The number of furan rings is 1. The zero-order valence-electron chi connectivity index (χ0n) is 8.79. The summed E-state index contributed by atoms with van der Waals surface area (Å²) in [5.41, 5.74) is 1.35. The SMILES string of the molecule is Cc1cccc2cc(C3(O)CCC3)oc12. The average Bonchev–Trinajstić information content (AvgIpc) is 2.59. The monoisotopic (exact) mass is 202 g/mol. The Kier molecular flexibility index (Phi) is 1.71. The molecule has 0 atom stereocenters. The van der Waals surface area contributed by atoms with Crippen LogP contribution >= 0.6 is 0 Å². The fourth-order valence-corrected chi connectivity index (χ4v) is 2.20. The van der Waals surface area contributed by atoms with Gasteiger partial charge < -0.3 is 9.52 Å². The van der Waals surface area contributed by atoms with Gasteiger partial charge in [-0.1, -0.05) is 18.2 Å². The Hall–Kier alpha value is -1.28. The number of aliphatic hydroxyl groups is 1. The van der Waals surface area contributed by atoms with Crippen molar-refractivity contribution in [3.8, 4) is 0 Å². The molecule has 3 rings (SSSR count). The predicted molar refractivity (Wildman–Crippen MR) is 58.7 cm³/mol. The van der Waals surface area contributed by atoms with E-state index in [1.165, 1.54) is 0 Å². The van der Waals surface area contributed by atoms with Crippen LogP contribution in [0.5, 0.6) is 0 Å². The topological polar surface area (TPSA) is 33.4 Å². The molecule has 0 unspecified atom stereocenters. The zero-order valence-corrected chi connectivity index (χ0v) is 8.79. The molecule has 1 aliphatic carbocycles. The number of fused-ring (bicyclic) bond motifs is 1. The number of hydrogen-bond acceptors (Lipinski definition) is 2. The summed E-state index contributed by atoms with van der Waals surface area (Å²) < 4.78 is 5.76. The minimum atomic E-state index is -0.689. The molecule has 0 radical (unpaired) electrons. The Morgan fingerprint density at radius 2 is 2.13 bits per heavy atom. The van der Waals surface area contributed by atoms with Crippen molar-refractivity contribution in [3.05, 3.63) is 35.6 Å². The number of hydrogen-bond donors (Lipinski definition) is 1. The molecule has 1 aliphatic rings. The predicted octanol–water partition coefficient (Wildman–Crippen LogP) is 3.11. The third-order valence-electron chi connectivity index (χ3n) is 3.38. The summed E-state index contributed by atoms with van der Waals surface area (Å²) >= 11 is 0. The van der Waals surface area contributed by atoms with Crippen molar-refractivity contribution in [2.75, 3.05) is 0 Å². The number of para-hydroxylation sites is 1. The van der Waals surface area contributed by atoms with Crippen LogP contribution < -0.4 is 0 Å². The molecule has 0 saturated heterocycles. The Bertz CT molecular complexity index is 506. The fraction of sp³-hybridized carbons (Fsp3) is 0.385. The van der Waals surface area contributed by atoms with Gasteiger partial charge in [0, 0.05) is 5.39 Å². The van der Waals surface area contributed by atoms with E-state index >= 15 is 0 Å². The van der Waals surface area contributed by atoms with Gasteiger partial charge in [0.2, 0.25) is 0 Å². The van der Waals surface area contributed by atoms with Crippen LogP contribution in [0.1, 0.15) is 30.6 Å². The molecule has 1 aromatic heterocycles. The maximum absolute atomic E-state index is 10.2. The van der Waals surface area contributed by atoms with E-state index in [1.807, 2.05) is 31.2 Å². The summed E-state index contributed by atoms with van der Waals surface area (Å²) in [4.78, 5) is 0. The maximum atomic E-state index is 10.2. The van der Waals surface area contributed by atoms with E-state index in [2.05, 4.69) is 0 Å². The first kappa shape index (κ1) is 8.98. The molecule has 78 valence electrons. The van der Waals surface area contributed by atoms with Gasteiger partial charge in [-0.2, -0.15) is 0 Å². The summed E-state index contributed by atoms with van der Waals surface area (Å²) in [5.74, 6) is 0.734. The Balaban J connectivity index is 2.18. The van der Waals surface area contributed by atoms with Crippen molar-refractivity contribution in [2.24, 2.45) is 0 Å². The summed E-state index contributed by atoms with van der Waals surface area (Å²) in [6.07, 6.45) is 2.74. The van der Waals surface area contributed by atoms with Crippen molar-refractivity contribution < 1.29 is 9.52 Å². The van der Waals surface area contributed by atoms with Crippen molar-refractivity contribution in [2.45, 2.75) is 31.8 Å². The normalized spacial score (nSPS) is 19.1. The van der Waals surface area contributed by atoms with Gasteiger partial charge in [0.25, 0.3) is 0 Å². The van der Waals surface area contributed by atoms with E-state index < -0.39 is 5.60 Å². The lowest BCUT2D eigenvalue weighted by Crippen LogP contribution is -2.32. The van der Waals surface area contributed by atoms with Crippen LogP contribution in [0.15, 0.2) is 28.7 Å². The third kappa shape index (κ3) is 1.21. The van der Waals surface area contributed by atoms with Gasteiger partial charge in [0.05, 0.1) is 0 Å². The lowest BCUT2D eigenvalue weighted by molar-refractivity contribution is -0.0555. The minimum Gasteiger partial charge on any atom is -0.458 e. The molecule has 1 heterocycles. The van der Waals surface area contributed by atoms with Crippen LogP contribution in [0.25, 0.3) is 11.0 Å². The number of rotatable bonds is 1. The standard InChI is InChI=1S/C13H14O2/c1-9-4-2-5-10-8-11(15-12(9)10)13(14)6-3-7-13/h2,4-5,8,14H,3,6-7H2,1H3. The van der Waals surface area contributed by atoms with Gasteiger partial charge >= 0.3 is 0 Å². The zero-order chi connectivity index (χ0) is 10.5. The number of aryl methyl sites for hydroxylation is 1. The molecule has 15 heavy (non-hydrogen) atoms. The Morgan fingerprint density at radius 1 is 1.33 bits per heavy atom. The van der Waals surface area contributed by atoms with Crippen molar-refractivity contribution >= 4 is 11.0 Å². The van der Waals surface area contributed by atoms with Crippen molar-refractivity contribution in [1.82, 2.24) is 0 Å².